The number of oxazole rings is 1. The summed E-state index contributed by atoms with van der Waals surface area (Å²) in [5.74, 6) is 3.00. The van der Waals surface area contributed by atoms with E-state index in [4.69, 9.17) is 4.42 Å². The van der Waals surface area contributed by atoms with Crippen LogP contribution >= 0.6 is 24.0 Å². The highest BCUT2D eigenvalue weighted by Crippen LogP contribution is 2.22. The maximum atomic E-state index is 5.85. The Balaban J connectivity index is 0.00000392. The van der Waals surface area contributed by atoms with Crippen molar-refractivity contribution in [1.29, 1.82) is 0 Å². The molecular weight excluding hydrogens is 465 g/mol. The molecule has 162 valence electrons. The standard InChI is InChI=1S/C21H39N5O.HI/c1-16(2)17(26-11-9-7-8-10-12-26)13-24-20(22-6)25-15-19-23-14-18(27-19)21(3,4)5;/h14,16-17H,7-13,15H2,1-6H3,(H2,22,24,25);1H. The Morgan fingerprint density at radius 1 is 1.18 bits per heavy atom. The van der Waals surface area contributed by atoms with Crippen molar-refractivity contribution >= 4 is 29.9 Å². The predicted molar refractivity (Wildman–Crippen MR) is 127 cm³/mol. The summed E-state index contributed by atoms with van der Waals surface area (Å²) in [6.45, 7) is 14.9. The van der Waals surface area contributed by atoms with Gasteiger partial charge in [0.15, 0.2) is 5.96 Å². The van der Waals surface area contributed by atoms with Crippen molar-refractivity contribution in [3.63, 3.8) is 0 Å². The highest BCUT2D eigenvalue weighted by Gasteiger charge is 2.23. The number of halogens is 1. The average Bonchev–Trinajstić information content (AvgIpc) is 2.94. The molecule has 1 unspecified atom stereocenters. The molecule has 0 radical (unpaired) electrons. The van der Waals surface area contributed by atoms with Crippen LogP contribution in [0.3, 0.4) is 0 Å². The third kappa shape index (κ3) is 7.89. The second-order valence-corrected chi connectivity index (χ2v) is 8.94. The first-order chi connectivity index (χ1) is 12.8. The molecule has 1 aromatic heterocycles. The summed E-state index contributed by atoms with van der Waals surface area (Å²) in [6, 6.07) is 0.524. The Bertz CT molecular complexity index is 586. The van der Waals surface area contributed by atoms with Crippen molar-refractivity contribution in [2.45, 2.75) is 78.3 Å². The average molecular weight is 505 g/mol. The zero-order valence-electron chi connectivity index (χ0n) is 18.5. The summed E-state index contributed by atoms with van der Waals surface area (Å²) in [7, 11) is 1.81. The molecule has 1 atom stereocenters. The lowest BCUT2D eigenvalue weighted by atomic mass is 9.94. The van der Waals surface area contributed by atoms with Gasteiger partial charge in [0.05, 0.1) is 12.7 Å². The Labute approximate surface area is 188 Å². The van der Waals surface area contributed by atoms with Crippen LogP contribution in [0.25, 0.3) is 0 Å². The van der Waals surface area contributed by atoms with Crippen LogP contribution in [-0.4, -0.2) is 48.6 Å². The van der Waals surface area contributed by atoms with E-state index in [-0.39, 0.29) is 29.4 Å². The zero-order valence-corrected chi connectivity index (χ0v) is 20.9. The van der Waals surface area contributed by atoms with Gasteiger partial charge in [-0.3, -0.25) is 9.89 Å². The van der Waals surface area contributed by atoms with E-state index in [2.05, 4.69) is 60.1 Å². The molecule has 0 bridgehead atoms. The maximum Gasteiger partial charge on any atom is 0.213 e. The zero-order chi connectivity index (χ0) is 19.9. The fraction of sp³-hybridized carbons (Fsp3) is 0.810. The van der Waals surface area contributed by atoms with Crippen LogP contribution in [0.5, 0.6) is 0 Å². The monoisotopic (exact) mass is 505 g/mol. The number of likely N-dealkylation sites (tertiary alicyclic amines) is 1. The number of nitrogens with zero attached hydrogens (tertiary/aromatic N) is 3. The van der Waals surface area contributed by atoms with Crippen LogP contribution < -0.4 is 10.6 Å². The van der Waals surface area contributed by atoms with Gasteiger partial charge in [0, 0.05) is 25.0 Å². The molecule has 1 aromatic rings. The molecule has 2 heterocycles. The van der Waals surface area contributed by atoms with E-state index in [0.29, 0.717) is 24.4 Å². The van der Waals surface area contributed by atoms with Gasteiger partial charge in [-0.2, -0.15) is 0 Å². The van der Waals surface area contributed by atoms with Crippen LogP contribution in [0.1, 0.15) is 72.0 Å². The first-order valence-corrected chi connectivity index (χ1v) is 10.4. The molecule has 0 saturated carbocycles. The molecule has 0 aliphatic carbocycles. The third-order valence-corrected chi connectivity index (χ3v) is 5.28. The van der Waals surface area contributed by atoms with E-state index in [1.807, 2.05) is 13.2 Å². The molecular formula is C21H40IN5O. The van der Waals surface area contributed by atoms with Crippen LogP contribution in [0.15, 0.2) is 15.6 Å². The van der Waals surface area contributed by atoms with Gasteiger partial charge in [0.1, 0.15) is 5.76 Å². The second-order valence-electron chi connectivity index (χ2n) is 8.94. The lowest BCUT2D eigenvalue weighted by Crippen LogP contribution is -2.49. The highest BCUT2D eigenvalue weighted by atomic mass is 127. The smallest absolute Gasteiger partial charge is 0.213 e. The lowest BCUT2D eigenvalue weighted by Gasteiger charge is -2.34. The Morgan fingerprint density at radius 3 is 2.32 bits per heavy atom. The molecule has 1 aliphatic heterocycles. The highest BCUT2D eigenvalue weighted by molar-refractivity contribution is 14.0. The first-order valence-electron chi connectivity index (χ1n) is 10.4. The number of hydrogen-bond acceptors (Lipinski definition) is 4. The van der Waals surface area contributed by atoms with Crippen LogP contribution in [0, 0.1) is 5.92 Å². The van der Waals surface area contributed by atoms with E-state index in [0.717, 1.165) is 18.3 Å². The Hall–Kier alpha value is -0.830. The van der Waals surface area contributed by atoms with Crippen LogP contribution in [0.4, 0.5) is 0 Å². The molecule has 6 nitrogen and oxygen atoms in total. The van der Waals surface area contributed by atoms with E-state index >= 15 is 0 Å². The van der Waals surface area contributed by atoms with Gasteiger partial charge >= 0.3 is 0 Å². The molecule has 1 fully saturated rings. The van der Waals surface area contributed by atoms with Crippen LogP contribution in [0.2, 0.25) is 0 Å². The number of hydrogen-bond donors (Lipinski definition) is 2. The molecule has 2 rings (SSSR count). The van der Waals surface area contributed by atoms with Gasteiger partial charge in [-0.1, -0.05) is 47.5 Å². The summed E-state index contributed by atoms with van der Waals surface area (Å²) in [4.78, 5) is 11.4. The number of rotatable bonds is 6. The normalized spacial score (nSPS) is 17.8. The van der Waals surface area contributed by atoms with Gasteiger partial charge in [0.25, 0.3) is 0 Å². The molecule has 0 spiro atoms. The first kappa shape index (κ1) is 25.2. The minimum absolute atomic E-state index is 0. The fourth-order valence-electron chi connectivity index (χ4n) is 3.53. The number of aromatic nitrogens is 1. The van der Waals surface area contributed by atoms with Gasteiger partial charge in [-0.15, -0.1) is 24.0 Å². The Kier molecular flexibility index (Phi) is 10.8. The van der Waals surface area contributed by atoms with Gasteiger partial charge in [-0.05, 0) is 31.8 Å². The lowest BCUT2D eigenvalue weighted by molar-refractivity contribution is 0.161. The molecule has 1 saturated heterocycles. The van der Waals surface area contributed by atoms with Gasteiger partial charge in [-0.25, -0.2) is 4.98 Å². The van der Waals surface area contributed by atoms with Gasteiger partial charge in [0.2, 0.25) is 5.89 Å². The fourth-order valence-corrected chi connectivity index (χ4v) is 3.53. The van der Waals surface area contributed by atoms with Crippen molar-refractivity contribution < 1.29 is 4.42 Å². The molecule has 0 amide bonds. The minimum Gasteiger partial charge on any atom is -0.443 e. The summed E-state index contributed by atoms with van der Waals surface area (Å²) < 4.78 is 5.85. The number of aliphatic imine (C=N–C) groups is 1. The maximum absolute atomic E-state index is 5.85. The largest absolute Gasteiger partial charge is 0.443 e. The minimum atomic E-state index is -0.0250. The van der Waals surface area contributed by atoms with E-state index in [1.165, 1.54) is 38.8 Å². The van der Waals surface area contributed by atoms with Crippen molar-refractivity contribution in [2.24, 2.45) is 10.9 Å². The Morgan fingerprint density at radius 2 is 1.82 bits per heavy atom. The number of guanidine groups is 1. The number of nitrogens with one attached hydrogen (secondary N) is 2. The predicted octanol–water partition coefficient (Wildman–Crippen LogP) is 4.16. The van der Waals surface area contributed by atoms with Gasteiger partial charge < -0.3 is 15.1 Å². The summed E-state index contributed by atoms with van der Waals surface area (Å²) in [5.41, 5.74) is -0.0250. The molecule has 7 heteroatoms. The summed E-state index contributed by atoms with van der Waals surface area (Å²) in [5, 5.41) is 6.83. The van der Waals surface area contributed by atoms with E-state index < -0.39 is 0 Å². The summed E-state index contributed by atoms with van der Waals surface area (Å²) >= 11 is 0. The second kappa shape index (κ2) is 12.0. The third-order valence-electron chi connectivity index (χ3n) is 5.28. The quantitative estimate of drug-likeness (QED) is 0.346. The van der Waals surface area contributed by atoms with E-state index in [1.54, 1.807) is 0 Å². The van der Waals surface area contributed by atoms with Crippen LogP contribution in [-0.2, 0) is 12.0 Å². The molecule has 28 heavy (non-hydrogen) atoms. The SMILES string of the molecule is CN=C(NCc1ncc(C(C)(C)C)o1)NCC(C(C)C)N1CCCCCC1.I. The topological polar surface area (TPSA) is 65.7 Å². The van der Waals surface area contributed by atoms with Crippen molar-refractivity contribution in [3.8, 4) is 0 Å². The van der Waals surface area contributed by atoms with Crippen molar-refractivity contribution in [3.05, 3.63) is 17.8 Å². The van der Waals surface area contributed by atoms with Crippen molar-refractivity contribution in [1.82, 2.24) is 20.5 Å². The van der Waals surface area contributed by atoms with Crippen molar-refractivity contribution in [2.75, 3.05) is 26.7 Å². The molecule has 0 aromatic carbocycles. The van der Waals surface area contributed by atoms with E-state index in [9.17, 15) is 0 Å². The molecule has 2 N–H and O–H groups in total. The summed E-state index contributed by atoms with van der Waals surface area (Å²) in [6.07, 6.45) is 7.18. The molecule has 1 aliphatic rings.